The Kier molecular flexibility index (Phi) is 3.91. The molecule has 17 heavy (non-hydrogen) atoms. The second kappa shape index (κ2) is 4.85. The standard InChI is InChI=1S/C12H20N2O3/c1-7(2)10(15)16-8(3)9-13-11(14-17-9)12(4,5)6/h7-8H,1-6H3. The zero-order valence-corrected chi connectivity index (χ0v) is 11.3. The number of carbonyl (C=O) groups is 1. The molecule has 0 aliphatic rings. The van der Waals surface area contributed by atoms with E-state index in [1.54, 1.807) is 20.8 Å². The molecule has 1 rings (SSSR count). The van der Waals surface area contributed by atoms with E-state index < -0.39 is 6.10 Å². The largest absolute Gasteiger partial charge is 0.452 e. The molecule has 5 heteroatoms. The van der Waals surface area contributed by atoms with Crippen LogP contribution in [-0.4, -0.2) is 16.1 Å². The van der Waals surface area contributed by atoms with E-state index in [1.807, 2.05) is 20.8 Å². The van der Waals surface area contributed by atoms with Gasteiger partial charge < -0.3 is 9.26 Å². The van der Waals surface area contributed by atoms with Crippen LogP contribution in [0, 0.1) is 5.92 Å². The summed E-state index contributed by atoms with van der Waals surface area (Å²) in [6.07, 6.45) is -0.506. The molecule has 0 saturated carbocycles. The monoisotopic (exact) mass is 240 g/mol. The number of nitrogens with zero attached hydrogens (tertiary/aromatic N) is 2. The molecule has 1 aromatic rings. The fraction of sp³-hybridized carbons (Fsp3) is 0.750. The Morgan fingerprint density at radius 2 is 1.88 bits per heavy atom. The number of rotatable bonds is 3. The highest BCUT2D eigenvalue weighted by atomic mass is 16.6. The van der Waals surface area contributed by atoms with Gasteiger partial charge >= 0.3 is 5.97 Å². The van der Waals surface area contributed by atoms with Crippen LogP contribution in [0.15, 0.2) is 4.52 Å². The number of esters is 1. The Bertz CT molecular complexity index is 391. The van der Waals surface area contributed by atoms with Gasteiger partial charge in [0, 0.05) is 5.41 Å². The van der Waals surface area contributed by atoms with Crippen molar-refractivity contribution in [2.24, 2.45) is 5.92 Å². The Labute approximate surface area is 102 Å². The number of carbonyl (C=O) groups excluding carboxylic acids is 1. The minimum atomic E-state index is -0.506. The molecular weight excluding hydrogens is 220 g/mol. The third-order valence-electron chi connectivity index (χ3n) is 2.22. The quantitative estimate of drug-likeness (QED) is 0.760. The highest BCUT2D eigenvalue weighted by Gasteiger charge is 2.25. The van der Waals surface area contributed by atoms with Crippen LogP contribution in [0.1, 0.15) is 59.4 Å². The lowest BCUT2D eigenvalue weighted by molar-refractivity contribution is -0.153. The zero-order valence-electron chi connectivity index (χ0n) is 11.3. The Hall–Kier alpha value is -1.39. The predicted octanol–water partition coefficient (Wildman–Crippen LogP) is 2.63. The van der Waals surface area contributed by atoms with Crippen molar-refractivity contribution in [1.82, 2.24) is 10.1 Å². The van der Waals surface area contributed by atoms with Gasteiger partial charge in [-0.1, -0.05) is 39.8 Å². The third kappa shape index (κ3) is 3.54. The maximum Gasteiger partial charge on any atom is 0.309 e. The van der Waals surface area contributed by atoms with Gasteiger partial charge in [-0.25, -0.2) is 0 Å². The summed E-state index contributed by atoms with van der Waals surface area (Å²) in [5, 5.41) is 3.88. The normalized spacial score (nSPS) is 13.8. The molecular formula is C12H20N2O3. The summed E-state index contributed by atoms with van der Waals surface area (Å²) in [6, 6.07) is 0. The lowest BCUT2D eigenvalue weighted by atomic mass is 9.96. The van der Waals surface area contributed by atoms with Crippen LogP contribution < -0.4 is 0 Å². The molecule has 0 fully saturated rings. The first-order valence-electron chi connectivity index (χ1n) is 5.76. The van der Waals surface area contributed by atoms with Crippen molar-refractivity contribution in [3.8, 4) is 0 Å². The molecule has 0 amide bonds. The molecule has 1 heterocycles. The van der Waals surface area contributed by atoms with E-state index in [9.17, 15) is 4.79 Å². The van der Waals surface area contributed by atoms with Crippen molar-refractivity contribution >= 4 is 5.97 Å². The molecule has 0 spiro atoms. The summed E-state index contributed by atoms with van der Waals surface area (Å²) in [7, 11) is 0. The highest BCUT2D eigenvalue weighted by Crippen LogP contribution is 2.22. The fourth-order valence-corrected chi connectivity index (χ4v) is 1.07. The lowest BCUT2D eigenvalue weighted by Gasteiger charge is -2.12. The van der Waals surface area contributed by atoms with Crippen molar-refractivity contribution in [2.75, 3.05) is 0 Å². The third-order valence-corrected chi connectivity index (χ3v) is 2.22. The van der Waals surface area contributed by atoms with Gasteiger partial charge in [-0.3, -0.25) is 4.79 Å². The predicted molar refractivity (Wildman–Crippen MR) is 62.3 cm³/mol. The van der Waals surface area contributed by atoms with E-state index in [1.165, 1.54) is 0 Å². The van der Waals surface area contributed by atoms with Crippen molar-refractivity contribution in [3.63, 3.8) is 0 Å². The fourth-order valence-electron chi connectivity index (χ4n) is 1.07. The first kappa shape index (κ1) is 13.7. The summed E-state index contributed by atoms with van der Waals surface area (Å²) in [4.78, 5) is 15.7. The van der Waals surface area contributed by atoms with Gasteiger partial charge in [0.2, 0.25) is 0 Å². The Morgan fingerprint density at radius 3 is 2.29 bits per heavy atom. The number of ether oxygens (including phenoxy) is 1. The van der Waals surface area contributed by atoms with Crippen molar-refractivity contribution in [2.45, 2.75) is 53.1 Å². The molecule has 96 valence electrons. The van der Waals surface area contributed by atoms with Crippen molar-refractivity contribution in [1.29, 1.82) is 0 Å². The van der Waals surface area contributed by atoms with Gasteiger partial charge in [0.05, 0.1) is 5.92 Å². The second-order valence-corrected chi connectivity index (χ2v) is 5.44. The number of aromatic nitrogens is 2. The van der Waals surface area contributed by atoms with Crippen LogP contribution in [0.3, 0.4) is 0 Å². The van der Waals surface area contributed by atoms with Gasteiger partial charge in [-0.15, -0.1) is 0 Å². The molecule has 0 radical (unpaired) electrons. The lowest BCUT2D eigenvalue weighted by Crippen LogP contribution is -2.16. The minimum Gasteiger partial charge on any atom is -0.452 e. The minimum absolute atomic E-state index is 0.164. The summed E-state index contributed by atoms with van der Waals surface area (Å²) in [6.45, 7) is 11.3. The molecule has 1 unspecified atom stereocenters. The molecule has 0 aliphatic carbocycles. The van der Waals surface area contributed by atoms with E-state index in [0.717, 1.165) is 0 Å². The molecule has 1 aromatic heterocycles. The van der Waals surface area contributed by atoms with E-state index in [2.05, 4.69) is 10.1 Å². The van der Waals surface area contributed by atoms with E-state index in [-0.39, 0.29) is 17.3 Å². The van der Waals surface area contributed by atoms with Crippen LogP contribution in [0.4, 0.5) is 0 Å². The van der Waals surface area contributed by atoms with Crippen LogP contribution in [0.25, 0.3) is 0 Å². The first-order chi connectivity index (χ1) is 7.71. The van der Waals surface area contributed by atoms with Gasteiger partial charge in [-0.05, 0) is 6.92 Å². The number of hydrogen-bond acceptors (Lipinski definition) is 5. The second-order valence-electron chi connectivity index (χ2n) is 5.44. The van der Waals surface area contributed by atoms with Crippen LogP contribution in [-0.2, 0) is 14.9 Å². The van der Waals surface area contributed by atoms with Gasteiger partial charge in [0.25, 0.3) is 5.89 Å². The van der Waals surface area contributed by atoms with E-state index >= 15 is 0 Å². The smallest absolute Gasteiger partial charge is 0.309 e. The first-order valence-corrected chi connectivity index (χ1v) is 5.76. The van der Waals surface area contributed by atoms with E-state index in [0.29, 0.717) is 11.7 Å². The topological polar surface area (TPSA) is 65.2 Å². The Morgan fingerprint density at radius 1 is 1.29 bits per heavy atom. The van der Waals surface area contributed by atoms with Crippen LogP contribution in [0.5, 0.6) is 0 Å². The average molecular weight is 240 g/mol. The summed E-state index contributed by atoms with van der Waals surface area (Å²) < 4.78 is 10.3. The zero-order chi connectivity index (χ0) is 13.2. The molecule has 0 aliphatic heterocycles. The van der Waals surface area contributed by atoms with Gasteiger partial charge in [0.1, 0.15) is 0 Å². The molecule has 0 N–H and O–H groups in total. The summed E-state index contributed by atoms with van der Waals surface area (Å²) in [5.74, 6) is 0.513. The van der Waals surface area contributed by atoms with Gasteiger partial charge in [0.15, 0.2) is 11.9 Å². The SMILES string of the molecule is CC(C)C(=O)OC(C)c1nc(C(C)(C)C)no1. The molecule has 0 bridgehead atoms. The molecule has 0 aromatic carbocycles. The molecule has 1 atom stereocenters. The van der Waals surface area contributed by atoms with Gasteiger partial charge in [-0.2, -0.15) is 4.98 Å². The van der Waals surface area contributed by atoms with Crippen LogP contribution in [0.2, 0.25) is 0 Å². The molecule has 0 saturated heterocycles. The highest BCUT2D eigenvalue weighted by molar-refractivity contribution is 5.71. The maximum atomic E-state index is 11.4. The van der Waals surface area contributed by atoms with Crippen LogP contribution >= 0.6 is 0 Å². The molecule has 5 nitrogen and oxygen atoms in total. The Balaban J connectivity index is 2.74. The van der Waals surface area contributed by atoms with Crippen molar-refractivity contribution < 1.29 is 14.1 Å². The van der Waals surface area contributed by atoms with E-state index in [4.69, 9.17) is 9.26 Å². The maximum absolute atomic E-state index is 11.4. The number of hydrogen-bond donors (Lipinski definition) is 0. The average Bonchev–Trinajstić information content (AvgIpc) is 2.65. The summed E-state index contributed by atoms with van der Waals surface area (Å²) in [5.41, 5.74) is -0.177. The summed E-state index contributed by atoms with van der Waals surface area (Å²) >= 11 is 0. The van der Waals surface area contributed by atoms with Crippen molar-refractivity contribution in [3.05, 3.63) is 11.7 Å².